The van der Waals surface area contributed by atoms with Gasteiger partial charge < -0.3 is 15.1 Å². The number of hydrogen-bond donors (Lipinski definition) is 2. The second-order valence-corrected chi connectivity index (χ2v) is 7.96. The van der Waals surface area contributed by atoms with Crippen molar-refractivity contribution < 1.29 is 14.5 Å². The van der Waals surface area contributed by atoms with Crippen LogP contribution < -0.4 is 10.2 Å². The number of nitrogens with one attached hydrogen (secondary N) is 2. The Kier molecular flexibility index (Phi) is 6.29. The second-order valence-electron chi connectivity index (χ2n) is 6.96. The zero-order valence-corrected chi connectivity index (χ0v) is 17.1. The summed E-state index contributed by atoms with van der Waals surface area (Å²) in [6.07, 6.45) is 1.04. The summed E-state index contributed by atoms with van der Waals surface area (Å²) in [5.41, 5.74) is 2.66. The molecule has 2 N–H and O–H groups in total. The highest BCUT2D eigenvalue weighted by Gasteiger charge is 2.29. The Bertz CT molecular complexity index is 813. The predicted molar refractivity (Wildman–Crippen MR) is 109 cm³/mol. The maximum Gasteiger partial charge on any atom is 0.279 e. The topological polar surface area (TPSA) is 53.9 Å². The number of carbonyl (C=O) groups excluding carboxylic acids is 2. The lowest BCUT2D eigenvalue weighted by molar-refractivity contribution is -0.923. The Hall–Kier alpha value is -2.18. The maximum absolute atomic E-state index is 12.6. The molecule has 144 valence electrons. The first kappa shape index (κ1) is 19.6. The minimum absolute atomic E-state index is 0.00337. The average Bonchev–Trinajstić information content (AvgIpc) is 3.15. The van der Waals surface area contributed by atoms with Crippen LogP contribution in [-0.4, -0.2) is 42.9 Å². The molecule has 2 heterocycles. The fourth-order valence-corrected chi connectivity index (χ4v) is 4.71. The van der Waals surface area contributed by atoms with Crippen LogP contribution >= 0.6 is 11.3 Å². The number of anilines is 1. The van der Waals surface area contributed by atoms with Gasteiger partial charge in [0.2, 0.25) is 0 Å². The number of rotatable bonds is 6. The molecule has 6 heteroatoms. The van der Waals surface area contributed by atoms with E-state index >= 15 is 0 Å². The lowest BCUT2D eigenvalue weighted by Gasteiger charge is -2.29. The van der Waals surface area contributed by atoms with E-state index in [2.05, 4.69) is 23.7 Å². The van der Waals surface area contributed by atoms with Gasteiger partial charge in [0.25, 0.3) is 11.8 Å². The summed E-state index contributed by atoms with van der Waals surface area (Å²) >= 11 is 1.81. The quantitative estimate of drug-likeness (QED) is 0.801. The van der Waals surface area contributed by atoms with E-state index in [1.165, 1.54) is 15.3 Å². The van der Waals surface area contributed by atoms with Gasteiger partial charge >= 0.3 is 0 Å². The fraction of sp³-hybridized carbons (Fsp3) is 0.429. The highest BCUT2D eigenvalue weighted by Crippen LogP contribution is 2.24. The van der Waals surface area contributed by atoms with Crippen LogP contribution in [0.3, 0.4) is 0 Å². The monoisotopic (exact) mass is 386 g/mol. The number of benzene rings is 1. The molecule has 1 unspecified atom stereocenters. The summed E-state index contributed by atoms with van der Waals surface area (Å²) in [5, 5.41) is 5.11. The number of carbonyl (C=O) groups is 2. The minimum atomic E-state index is -0.0111. The Morgan fingerprint density at radius 3 is 2.78 bits per heavy atom. The molecule has 2 aromatic rings. The molecule has 0 spiro atoms. The molecule has 0 saturated carbocycles. The van der Waals surface area contributed by atoms with Crippen LogP contribution in [-0.2, 0) is 11.2 Å². The van der Waals surface area contributed by atoms with Crippen molar-refractivity contribution in [2.75, 3.05) is 31.5 Å². The molecule has 0 aliphatic carbocycles. The van der Waals surface area contributed by atoms with Crippen LogP contribution in [0.15, 0.2) is 35.7 Å². The first-order valence-corrected chi connectivity index (χ1v) is 10.5. The molecule has 0 bridgehead atoms. The van der Waals surface area contributed by atoms with Crippen LogP contribution in [0.2, 0.25) is 0 Å². The molecule has 1 aromatic heterocycles. The Labute approximate surface area is 165 Å². The lowest BCUT2D eigenvalue weighted by atomic mass is 10.0. The minimum Gasteiger partial charge on any atom is -0.339 e. The van der Waals surface area contributed by atoms with Gasteiger partial charge in [-0.2, -0.15) is 0 Å². The number of amides is 2. The Balaban J connectivity index is 1.63. The normalized spacial score (nSPS) is 18.6. The largest absolute Gasteiger partial charge is 0.339 e. The maximum atomic E-state index is 12.6. The molecular weight excluding hydrogens is 358 g/mol. The molecule has 0 fully saturated rings. The highest BCUT2D eigenvalue weighted by atomic mass is 32.1. The highest BCUT2D eigenvalue weighted by molar-refractivity contribution is 7.10. The Morgan fingerprint density at radius 1 is 1.26 bits per heavy atom. The molecule has 1 aliphatic heterocycles. The SMILES string of the molecule is CCN(CC)C(=O)c1cccc(NC(=O)C[NH+]2CCc3sccc3[C@H]2C)c1. The third-order valence-electron chi connectivity index (χ3n) is 5.36. The molecule has 0 saturated heterocycles. The average molecular weight is 387 g/mol. The van der Waals surface area contributed by atoms with Crippen molar-refractivity contribution >= 4 is 28.8 Å². The molecule has 2 atom stereocenters. The molecule has 1 aromatic carbocycles. The standard InChI is InChI=1S/C21H27N3O2S/c1-4-23(5-2)21(26)16-7-6-8-17(13-16)22-20(25)14-24-11-9-19-18(15(24)3)10-12-27-19/h6-8,10,12-13,15H,4-5,9,11,14H2,1-3H3,(H,22,25)/p+1/t15-/m1/s1. The molecule has 0 radical (unpaired) electrons. The summed E-state index contributed by atoms with van der Waals surface area (Å²) in [6, 6.07) is 9.74. The van der Waals surface area contributed by atoms with E-state index in [1.54, 1.807) is 17.0 Å². The van der Waals surface area contributed by atoms with Crippen molar-refractivity contribution in [2.45, 2.75) is 33.2 Å². The summed E-state index contributed by atoms with van der Waals surface area (Å²) in [4.78, 5) is 29.6. The summed E-state index contributed by atoms with van der Waals surface area (Å²) in [5.74, 6) is -0.0145. The first-order valence-electron chi connectivity index (χ1n) is 9.63. The summed E-state index contributed by atoms with van der Waals surface area (Å²) in [6.45, 7) is 8.88. The van der Waals surface area contributed by atoms with Crippen molar-refractivity contribution in [3.8, 4) is 0 Å². The van der Waals surface area contributed by atoms with Crippen molar-refractivity contribution in [3.63, 3.8) is 0 Å². The Morgan fingerprint density at radius 2 is 2.04 bits per heavy atom. The van der Waals surface area contributed by atoms with Crippen LogP contribution in [0, 0.1) is 0 Å². The zero-order chi connectivity index (χ0) is 19.4. The van der Waals surface area contributed by atoms with Crippen molar-refractivity contribution in [3.05, 3.63) is 51.7 Å². The fourth-order valence-electron chi connectivity index (χ4n) is 3.73. The number of fused-ring (bicyclic) bond motifs is 1. The van der Waals surface area contributed by atoms with Gasteiger partial charge in [-0.3, -0.25) is 9.59 Å². The van der Waals surface area contributed by atoms with Gasteiger partial charge in [-0.05, 0) is 50.4 Å². The van der Waals surface area contributed by atoms with E-state index < -0.39 is 0 Å². The molecular formula is C21H28N3O2S+. The van der Waals surface area contributed by atoms with Crippen LogP contribution in [0.1, 0.15) is 47.6 Å². The van der Waals surface area contributed by atoms with Gasteiger partial charge in [0.05, 0.1) is 6.54 Å². The van der Waals surface area contributed by atoms with Crippen molar-refractivity contribution in [2.24, 2.45) is 0 Å². The third-order valence-corrected chi connectivity index (χ3v) is 6.36. The van der Waals surface area contributed by atoms with Crippen LogP contribution in [0.5, 0.6) is 0 Å². The van der Waals surface area contributed by atoms with Gasteiger partial charge in [-0.25, -0.2) is 0 Å². The molecule has 1 aliphatic rings. The van der Waals surface area contributed by atoms with Gasteiger partial charge in [-0.15, -0.1) is 11.3 Å². The number of quaternary nitrogens is 1. The molecule has 2 amide bonds. The molecule has 5 nitrogen and oxygen atoms in total. The number of hydrogen-bond acceptors (Lipinski definition) is 3. The van der Waals surface area contributed by atoms with Crippen molar-refractivity contribution in [1.29, 1.82) is 0 Å². The summed E-state index contributed by atoms with van der Waals surface area (Å²) < 4.78 is 0. The number of nitrogens with zero attached hydrogens (tertiary/aromatic N) is 1. The third kappa shape index (κ3) is 4.39. The predicted octanol–water partition coefficient (Wildman–Crippen LogP) is 2.37. The van der Waals surface area contributed by atoms with E-state index in [4.69, 9.17) is 0 Å². The van der Waals surface area contributed by atoms with E-state index in [1.807, 2.05) is 37.3 Å². The van der Waals surface area contributed by atoms with Crippen LogP contribution in [0.25, 0.3) is 0 Å². The second kappa shape index (κ2) is 8.67. The van der Waals surface area contributed by atoms with Crippen molar-refractivity contribution in [1.82, 2.24) is 4.90 Å². The zero-order valence-electron chi connectivity index (χ0n) is 16.2. The van der Waals surface area contributed by atoms with Gasteiger partial charge in [0, 0.05) is 41.2 Å². The summed E-state index contributed by atoms with van der Waals surface area (Å²) in [7, 11) is 0. The van der Waals surface area contributed by atoms with Crippen LogP contribution in [0.4, 0.5) is 5.69 Å². The van der Waals surface area contributed by atoms with E-state index in [0.717, 1.165) is 13.0 Å². The molecule has 27 heavy (non-hydrogen) atoms. The smallest absolute Gasteiger partial charge is 0.279 e. The molecule has 3 rings (SSSR count). The van der Waals surface area contributed by atoms with E-state index in [-0.39, 0.29) is 11.8 Å². The van der Waals surface area contributed by atoms with E-state index in [9.17, 15) is 9.59 Å². The van der Waals surface area contributed by atoms with Gasteiger partial charge in [-0.1, -0.05) is 6.07 Å². The van der Waals surface area contributed by atoms with Gasteiger partial charge in [0.15, 0.2) is 6.54 Å². The lowest BCUT2D eigenvalue weighted by Crippen LogP contribution is -3.14. The van der Waals surface area contributed by atoms with Gasteiger partial charge in [0.1, 0.15) is 6.04 Å². The van der Waals surface area contributed by atoms with E-state index in [0.29, 0.717) is 36.9 Å². The number of thiophene rings is 1. The first-order chi connectivity index (χ1) is 13.0.